The molecule has 1 aliphatic heterocycles. The normalized spacial score (nSPS) is 18.9. The molecule has 0 spiro atoms. The summed E-state index contributed by atoms with van der Waals surface area (Å²) in [5.41, 5.74) is 12.7. The van der Waals surface area contributed by atoms with Gasteiger partial charge in [-0.15, -0.1) is 0 Å². The fourth-order valence-corrected chi connectivity index (χ4v) is 3.18. The average Bonchev–Trinajstić information content (AvgIpc) is 2.81. The Morgan fingerprint density at radius 2 is 1.86 bits per heavy atom. The Kier molecular flexibility index (Phi) is 3.96. The third-order valence-corrected chi connectivity index (χ3v) is 5.05. The molecule has 1 atom stereocenters. The lowest BCUT2D eigenvalue weighted by molar-refractivity contribution is 0.0710. The standard InChI is InChI=1S/C18H26N2O2/c1-9-7-15(8-21)20(14(9)6)18(22)16-12(4)10(2)11(3)13(5)17(16)19/h15,21H,7-8,19H2,1-6H3/t15-/m0/s1/i3D. The Morgan fingerprint density at radius 3 is 2.41 bits per heavy atom. The van der Waals surface area contributed by atoms with Gasteiger partial charge in [0.1, 0.15) is 0 Å². The Bertz CT molecular complexity index is 666. The number of aliphatic hydroxyl groups excluding tert-OH is 1. The summed E-state index contributed by atoms with van der Waals surface area (Å²) in [7, 11) is 0. The molecule has 1 amide bonds. The van der Waals surface area contributed by atoms with Crippen LogP contribution in [0.15, 0.2) is 11.3 Å². The van der Waals surface area contributed by atoms with Crippen LogP contribution >= 0.6 is 0 Å². The molecule has 4 heteroatoms. The van der Waals surface area contributed by atoms with Gasteiger partial charge in [0.05, 0.1) is 18.2 Å². The van der Waals surface area contributed by atoms with Crippen LogP contribution < -0.4 is 5.73 Å². The quantitative estimate of drug-likeness (QED) is 0.825. The van der Waals surface area contributed by atoms with Crippen LogP contribution in [0.25, 0.3) is 0 Å². The number of nitrogens with zero attached hydrogens (tertiary/aromatic N) is 1. The van der Waals surface area contributed by atoms with Gasteiger partial charge in [0.15, 0.2) is 0 Å². The molecule has 0 saturated heterocycles. The van der Waals surface area contributed by atoms with E-state index in [2.05, 4.69) is 0 Å². The van der Waals surface area contributed by atoms with E-state index in [9.17, 15) is 9.90 Å². The molecule has 22 heavy (non-hydrogen) atoms. The van der Waals surface area contributed by atoms with E-state index in [0.29, 0.717) is 17.7 Å². The molecule has 120 valence electrons. The Hall–Kier alpha value is -1.81. The summed E-state index contributed by atoms with van der Waals surface area (Å²) in [6.45, 7) is 9.66. The highest BCUT2D eigenvalue weighted by Crippen LogP contribution is 2.34. The number of carbonyl (C=O) groups excluding carboxylic acids is 1. The van der Waals surface area contributed by atoms with Crippen molar-refractivity contribution in [2.24, 2.45) is 0 Å². The number of amides is 1. The van der Waals surface area contributed by atoms with Crippen molar-refractivity contribution in [1.82, 2.24) is 4.90 Å². The van der Waals surface area contributed by atoms with Gasteiger partial charge in [0.25, 0.3) is 5.91 Å². The minimum absolute atomic E-state index is 0.0673. The minimum atomic E-state index is -0.224. The van der Waals surface area contributed by atoms with Gasteiger partial charge in [0, 0.05) is 12.8 Å². The summed E-state index contributed by atoms with van der Waals surface area (Å²) < 4.78 is 7.69. The maximum absolute atomic E-state index is 13.2. The van der Waals surface area contributed by atoms with E-state index in [1.807, 2.05) is 34.6 Å². The first-order valence-electron chi connectivity index (χ1n) is 8.25. The number of nitrogen functional groups attached to an aromatic ring is 1. The van der Waals surface area contributed by atoms with Crippen molar-refractivity contribution in [2.45, 2.75) is 54.0 Å². The van der Waals surface area contributed by atoms with Gasteiger partial charge in [-0.1, -0.05) is 5.57 Å². The van der Waals surface area contributed by atoms with Crippen molar-refractivity contribution in [3.8, 4) is 0 Å². The summed E-state index contributed by atoms with van der Waals surface area (Å²) in [5, 5.41) is 9.62. The molecule has 2 rings (SSSR count). The molecule has 0 bridgehead atoms. The predicted octanol–water partition coefficient (Wildman–Crippen LogP) is 3.00. The van der Waals surface area contributed by atoms with Crippen LogP contribution in [-0.4, -0.2) is 28.6 Å². The Balaban J connectivity index is 2.61. The Labute approximate surface area is 134 Å². The van der Waals surface area contributed by atoms with Crippen LogP contribution in [-0.2, 0) is 0 Å². The zero-order chi connectivity index (χ0) is 17.5. The van der Waals surface area contributed by atoms with E-state index >= 15 is 0 Å². The second-order valence-electron chi connectivity index (χ2n) is 6.22. The molecule has 0 fully saturated rings. The molecule has 1 heterocycles. The first-order chi connectivity index (χ1) is 10.8. The summed E-state index contributed by atoms with van der Waals surface area (Å²) in [6, 6.07) is -0.224. The first-order valence-corrected chi connectivity index (χ1v) is 7.54. The summed E-state index contributed by atoms with van der Waals surface area (Å²) >= 11 is 0. The summed E-state index contributed by atoms with van der Waals surface area (Å²) in [5.74, 6) is -0.156. The number of aliphatic hydroxyl groups is 1. The molecule has 0 radical (unpaired) electrons. The van der Waals surface area contributed by atoms with E-state index < -0.39 is 0 Å². The van der Waals surface area contributed by atoms with Crippen LogP contribution in [0, 0.1) is 27.7 Å². The number of allylic oxidation sites excluding steroid dienone is 1. The van der Waals surface area contributed by atoms with E-state index in [4.69, 9.17) is 7.10 Å². The van der Waals surface area contributed by atoms with Crippen molar-refractivity contribution < 1.29 is 11.3 Å². The molecule has 3 N–H and O–H groups in total. The van der Waals surface area contributed by atoms with Crippen LogP contribution in [0.2, 0.25) is 0 Å². The number of benzene rings is 1. The lowest BCUT2D eigenvalue weighted by Crippen LogP contribution is -2.38. The maximum Gasteiger partial charge on any atom is 0.260 e. The van der Waals surface area contributed by atoms with Crippen LogP contribution in [0.4, 0.5) is 5.69 Å². The van der Waals surface area contributed by atoms with Gasteiger partial charge >= 0.3 is 0 Å². The molecule has 1 aromatic rings. The number of rotatable bonds is 2. The van der Waals surface area contributed by atoms with Gasteiger partial charge in [-0.25, -0.2) is 0 Å². The minimum Gasteiger partial charge on any atom is -0.398 e. The van der Waals surface area contributed by atoms with Gasteiger partial charge in [-0.05, 0) is 70.2 Å². The van der Waals surface area contributed by atoms with Crippen molar-refractivity contribution in [2.75, 3.05) is 12.3 Å². The second kappa shape index (κ2) is 5.76. The van der Waals surface area contributed by atoms with Crippen LogP contribution in [0.5, 0.6) is 0 Å². The lowest BCUT2D eigenvalue weighted by atomic mass is 9.91. The molecule has 0 aromatic heterocycles. The topological polar surface area (TPSA) is 66.6 Å². The predicted molar refractivity (Wildman–Crippen MR) is 89.8 cm³/mol. The lowest BCUT2D eigenvalue weighted by Gasteiger charge is -2.28. The highest BCUT2D eigenvalue weighted by atomic mass is 16.3. The zero-order valence-corrected chi connectivity index (χ0v) is 14.1. The molecular formula is C18H26N2O2. The van der Waals surface area contributed by atoms with Gasteiger partial charge in [-0.3, -0.25) is 4.79 Å². The molecule has 0 aliphatic carbocycles. The molecule has 0 saturated carbocycles. The SMILES string of the molecule is [2H]Cc1c(C)c(C)c(C(=O)N2C(C)=C(C)C[C@H]2CO)c(N)c1C. The number of anilines is 1. The number of hydrogen-bond acceptors (Lipinski definition) is 3. The third-order valence-electron chi connectivity index (χ3n) is 5.05. The van der Waals surface area contributed by atoms with Crippen LogP contribution in [0.1, 0.15) is 54.3 Å². The smallest absolute Gasteiger partial charge is 0.260 e. The van der Waals surface area contributed by atoms with Gasteiger partial charge in [-0.2, -0.15) is 0 Å². The second-order valence-corrected chi connectivity index (χ2v) is 6.22. The van der Waals surface area contributed by atoms with Crippen LogP contribution in [0.3, 0.4) is 0 Å². The highest BCUT2D eigenvalue weighted by Gasteiger charge is 2.34. The average molecular weight is 303 g/mol. The van der Waals surface area contributed by atoms with Crippen molar-refractivity contribution in [3.05, 3.63) is 39.1 Å². The number of hydrogen-bond donors (Lipinski definition) is 2. The largest absolute Gasteiger partial charge is 0.398 e. The number of carbonyl (C=O) groups is 1. The number of nitrogens with two attached hydrogens (primary N) is 1. The maximum atomic E-state index is 13.2. The molecule has 1 aliphatic rings. The highest BCUT2D eigenvalue weighted by molar-refractivity contribution is 6.03. The Morgan fingerprint density at radius 1 is 1.23 bits per heavy atom. The fraction of sp³-hybridized carbons (Fsp3) is 0.500. The molecular weight excluding hydrogens is 276 g/mol. The van der Waals surface area contributed by atoms with Crippen molar-refractivity contribution >= 4 is 11.6 Å². The molecule has 4 nitrogen and oxygen atoms in total. The zero-order valence-electron chi connectivity index (χ0n) is 15.1. The van der Waals surface area contributed by atoms with Gasteiger partial charge < -0.3 is 15.7 Å². The van der Waals surface area contributed by atoms with E-state index in [0.717, 1.165) is 33.5 Å². The summed E-state index contributed by atoms with van der Waals surface area (Å²) in [6.07, 6.45) is 0.690. The van der Waals surface area contributed by atoms with E-state index in [-0.39, 0.29) is 25.5 Å². The van der Waals surface area contributed by atoms with Crippen molar-refractivity contribution in [1.29, 1.82) is 0 Å². The monoisotopic (exact) mass is 303 g/mol. The third kappa shape index (κ3) is 2.31. The fourth-order valence-electron chi connectivity index (χ4n) is 3.18. The molecule has 0 unspecified atom stereocenters. The molecule has 1 aromatic carbocycles. The van der Waals surface area contributed by atoms with Crippen molar-refractivity contribution in [3.63, 3.8) is 0 Å². The van der Waals surface area contributed by atoms with E-state index in [1.54, 1.807) is 4.90 Å². The first kappa shape index (κ1) is 15.1. The summed E-state index contributed by atoms with van der Waals surface area (Å²) in [4.78, 5) is 14.8. The van der Waals surface area contributed by atoms with E-state index in [1.165, 1.54) is 0 Å². The van der Waals surface area contributed by atoms with Gasteiger partial charge in [0.2, 0.25) is 0 Å².